The largest absolute Gasteiger partial charge is 0.338 e. The molecule has 1 aliphatic rings. The van der Waals surface area contributed by atoms with E-state index in [1.807, 2.05) is 48.2 Å². The summed E-state index contributed by atoms with van der Waals surface area (Å²) < 4.78 is 1.05. The number of para-hydroxylation sites is 1. The highest BCUT2D eigenvalue weighted by Gasteiger charge is 2.18. The maximum absolute atomic E-state index is 12.6. The number of hydrogen-bond acceptors (Lipinski definition) is 5. The summed E-state index contributed by atoms with van der Waals surface area (Å²) in [6.45, 7) is 4.03. The number of aromatic nitrogens is 1. The lowest BCUT2D eigenvalue weighted by Gasteiger charge is -2.28. The molecule has 0 saturated carbocycles. The van der Waals surface area contributed by atoms with Gasteiger partial charge in [0.1, 0.15) is 0 Å². The number of thiophene rings is 1. The van der Waals surface area contributed by atoms with Crippen LogP contribution in [-0.2, 0) is 0 Å². The lowest BCUT2D eigenvalue weighted by molar-refractivity contribution is 0.103. The maximum atomic E-state index is 12.6. The Morgan fingerprint density at radius 3 is 2.69 bits per heavy atom. The van der Waals surface area contributed by atoms with Gasteiger partial charge in [-0.3, -0.25) is 10.1 Å². The number of nitrogens with one attached hydrogen (secondary N) is 2. The van der Waals surface area contributed by atoms with Crippen molar-refractivity contribution in [3.8, 4) is 0 Å². The maximum Gasteiger partial charge on any atom is 0.317 e. The summed E-state index contributed by atoms with van der Waals surface area (Å²) in [4.78, 5) is 32.5. The van der Waals surface area contributed by atoms with E-state index < -0.39 is 0 Å². The van der Waals surface area contributed by atoms with Crippen LogP contribution >= 0.6 is 22.7 Å². The summed E-state index contributed by atoms with van der Waals surface area (Å²) >= 11 is 2.95. The highest BCUT2D eigenvalue weighted by molar-refractivity contribution is 7.22. The van der Waals surface area contributed by atoms with Gasteiger partial charge in [0, 0.05) is 24.5 Å². The molecule has 2 N–H and O–H groups in total. The Balaban J connectivity index is 1.37. The van der Waals surface area contributed by atoms with Gasteiger partial charge in [-0.15, -0.1) is 11.3 Å². The van der Waals surface area contributed by atoms with Crippen molar-refractivity contribution >= 4 is 56.0 Å². The fourth-order valence-corrected chi connectivity index (χ4v) is 5.00. The van der Waals surface area contributed by atoms with Crippen LogP contribution in [0.25, 0.3) is 16.3 Å². The van der Waals surface area contributed by atoms with Crippen LogP contribution in [0.4, 0.5) is 9.93 Å². The third kappa shape index (κ3) is 4.65. The normalized spacial score (nSPS) is 14.1. The van der Waals surface area contributed by atoms with Crippen LogP contribution in [0.1, 0.15) is 34.3 Å². The molecule has 1 aliphatic heterocycles. The van der Waals surface area contributed by atoms with Crippen LogP contribution in [0.3, 0.4) is 0 Å². The van der Waals surface area contributed by atoms with Gasteiger partial charge >= 0.3 is 6.03 Å². The summed E-state index contributed by atoms with van der Waals surface area (Å²) in [5, 5.41) is 6.36. The quantitative estimate of drug-likeness (QED) is 0.628. The Labute approximate surface area is 177 Å². The number of urea groups is 1. The molecule has 0 radical (unpaired) electrons. The summed E-state index contributed by atoms with van der Waals surface area (Å²) in [6, 6.07) is 11.7. The van der Waals surface area contributed by atoms with Crippen molar-refractivity contribution in [2.24, 2.45) is 0 Å². The fourth-order valence-electron chi connectivity index (χ4n) is 3.24. The average molecular weight is 427 g/mol. The molecule has 0 spiro atoms. The zero-order valence-corrected chi connectivity index (χ0v) is 17.7. The molecule has 1 aromatic carbocycles. The van der Waals surface area contributed by atoms with Gasteiger partial charge in [-0.2, -0.15) is 0 Å². The summed E-state index contributed by atoms with van der Waals surface area (Å²) in [5.41, 5.74) is 2.20. The number of rotatable bonds is 4. The van der Waals surface area contributed by atoms with Gasteiger partial charge in [-0.25, -0.2) is 9.78 Å². The van der Waals surface area contributed by atoms with Gasteiger partial charge in [0.15, 0.2) is 5.13 Å². The van der Waals surface area contributed by atoms with E-state index in [9.17, 15) is 9.59 Å². The number of likely N-dealkylation sites (tertiary alicyclic amines) is 1. The van der Waals surface area contributed by atoms with Crippen molar-refractivity contribution in [2.45, 2.75) is 19.8 Å². The highest BCUT2D eigenvalue weighted by Crippen LogP contribution is 2.28. The number of carbonyl (C=O) groups excluding carboxylic acids is 2. The van der Waals surface area contributed by atoms with Gasteiger partial charge in [0.05, 0.1) is 15.1 Å². The van der Waals surface area contributed by atoms with Crippen LogP contribution in [-0.4, -0.2) is 41.5 Å². The number of fused-ring (bicyclic) bond motifs is 1. The number of hydrogen-bond donors (Lipinski definition) is 2. The van der Waals surface area contributed by atoms with Crippen LogP contribution < -0.4 is 10.6 Å². The van der Waals surface area contributed by atoms with Gasteiger partial charge in [0.2, 0.25) is 0 Å². The van der Waals surface area contributed by atoms with Gasteiger partial charge in [0.25, 0.3) is 5.91 Å². The van der Waals surface area contributed by atoms with Crippen molar-refractivity contribution in [1.82, 2.24) is 15.2 Å². The molecular formula is C21H22N4O2S2. The molecule has 29 heavy (non-hydrogen) atoms. The Morgan fingerprint density at radius 2 is 1.93 bits per heavy atom. The standard InChI is InChI=1S/C21H22N4O2S2/c1-2-22-21(27)25-11-9-14(10-12-25)13-15-7-8-18(28-15)19(26)24-20-23-16-5-3-4-6-17(16)29-20/h3-8,13H,2,9-12H2,1H3,(H,22,27)(H,23,24,26). The van der Waals surface area contributed by atoms with E-state index in [4.69, 9.17) is 0 Å². The molecule has 2 aromatic heterocycles. The first-order valence-electron chi connectivity index (χ1n) is 9.61. The Bertz CT molecular complexity index is 1030. The lowest BCUT2D eigenvalue weighted by Crippen LogP contribution is -2.43. The molecular weight excluding hydrogens is 404 g/mol. The molecule has 0 aliphatic carbocycles. The van der Waals surface area contributed by atoms with Gasteiger partial charge in [-0.05, 0) is 50.1 Å². The number of amides is 3. The van der Waals surface area contributed by atoms with Crippen LogP contribution in [0.5, 0.6) is 0 Å². The molecule has 8 heteroatoms. The summed E-state index contributed by atoms with van der Waals surface area (Å²) in [7, 11) is 0. The minimum absolute atomic E-state index is 0.0106. The highest BCUT2D eigenvalue weighted by atomic mass is 32.1. The smallest absolute Gasteiger partial charge is 0.317 e. The monoisotopic (exact) mass is 426 g/mol. The van der Waals surface area contributed by atoms with Crippen molar-refractivity contribution in [3.05, 3.63) is 51.7 Å². The molecule has 0 atom stereocenters. The predicted octanol–water partition coefficient (Wildman–Crippen LogP) is 4.82. The lowest BCUT2D eigenvalue weighted by atomic mass is 10.0. The molecule has 0 unspecified atom stereocenters. The van der Waals surface area contributed by atoms with E-state index in [-0.39, 0.29) is 11.9 Å². The molecule has 3 heterocycles. The number of piperidine rings is 1. The zero-order valence-electron chi connectivity index (χ0n) is 16.1. The van der Waals surface area contributed by atoms with E-state index in [0.29, 0.717) is 16.6 Å². The van der Waals surface area contributed by atoms with Crippen molar-refractivity contribution in [3.63, 3.8) is 0 Å². The van der Waals surface area contributed by atoms with E-state index >= 15 is 0 Å². The Hall–Kier alpha value is -2.71. The Kier molecular flexibility index (Phi) is 5.92. The molecule has 1 saturated heterocycles. The zero-order chi connectivity index (χ0) is 20.2. The second-order valence-corrected chi connectivity index (χ2v) is 8.91. The van der Waals surface area contributed by atoms with Gasteiger partial charge < -0.3 is 10.2 Å². The first kappa shape index (κ1) is 19.6. The predicted molar refractivity (Wildman–Crippen MR) is 120 cm³/mol. The van der Waals surface area contributed by atoms with Crippen molar-refractivity contribution < 1.29 is 9.59 Å². The summed E-state index contributed by atoms with van der Waals surface area (Å²) in [5.74, 6) is -0.134. The number of carbonyl (C=O) groups is 2. The van der Waals surface area contributed by atoms with Crippen LogP contribution in [0.15, 0.2) is 42.0 Å². The second-order valence-electron chi connectivity index (χ2n) is 6.77. The van der Waals surface area contributed by atoms with Gasteiger partial charge in [-0.1, -0.05) is 29.0 Å². The molecule has 150 valence electrons. The first-order chi connectivity index (χ1) is 14.1. The Morgan fingerprint density at radius 1 is 1.14 bits per heavy atom. The van der Waals surface area contributed by atoms with E-state index in [1.165, 1.54) is 28.2 Å². The molecule has 3 aromatic rings. The molecule has 4 rings (SSSR count). The number of thiazole rings is 1. The van der Waals surface area contributed by atoms with E-state index in [0.717, 1.165) is 41.0 Å². The summed E-state index contributed by atoms with van der Waals surface area (Å²) in [6.07, 6.45) is 3.87. The molecule has 6 nitrogen and oxygen atoms in total. The average Bonchev–Trinajstić information content (AvgIpc) is 3.35. The number of nitrogens with zero attached hydrogens (tertiary/aromatic N) is 2. The first-order valence-corrected chi connectivity index (χ1v) is 11.2. The van der Waals surface area contributed by atoms with Crippen molar-refractivity contribution in [2.75, 3.05) is 25.0 Å². The SMILES string of the molecule is CCNC(=O)N1CCC(=Cc2ccc(C(=O)Nc3nc4ccccc4s3)s2)CC1. The molecule has 3 amide bonds. The third-order valence-electron chi connectivity index (χ3n) is 4.73. The third-order valence-corrected chi connectivity index (χ3v) is 6.72. The molecule has 1 fully saturated rings. The number of anilines is 1. The van der Waals surface area contributed by atoms with Crippen LogP contribution in [0.2, 0.25) is 0 Å². The number of benzene rings is 1. The van der Waals surface area contributed by atoms with E-state index in [1.54, 1.807) is 0 Å². The fraction of sp³-hybridized carbons (Fsp3) is 0.286. The van der Waals surface area contributed by atoms with Crippen LogP contribution in [0, 0.1) is 0 Å². The van der Waals surface area contributed by atoms with Crippen molar-refractivity contribution in [1.29, 1.82) is 0 Å². The molecule has 0 bridgehead atoms. The topological polar surface area (TPSA) is 74.3 Å². The minimum atomic E-state index is -0.134. The second kappa shape index (κ2) is 8.75. The van der Waals surface area contributed by atoms with E-state index in [2.05, 4.69) is 21.7 Å². The minimum Gasteiger partial charge on any atom is -0.338 e.